The highest BCUT2D eigenvalue weighted by Crippen LogP contribution is 2.33. The lowest BCUT2D eigenvalue weighted by atomic mass is 9.90. The molecule has 0 N–H and O–H groups in total. The van der Waals surface area contributed by atoms with E-state index in [9.17, 15) is 0 Å². The standard InChI is InChI=1S/C21H24N2S/c1-4-15-12-18(13-16(5-2)19(15)6-3)21-20(14-24-23-21)17-8-7-10-22-11-9-17/h7-9,11-14H,4-6,10H2,1-3H3. The molecule has 1 aromatic heterocycles. The smallest absolute Gasteiger partial charge is 0.0919 e. The van der Waals surface area contributed by atoms with Crippen molar-refractivity contribution in [2.45, 2.75) is 40.0 Å². The number of allylic oxidation sites excluding steroid dienone is 3. The number of hydrogen-bond donors (Lipinski definition) is 0. The molecule has 0 saturated carbocycles. The zero-order valence-electron chi connectivity index (χ0n) is 14.7. The van der Waals surface area contributed by atoms with E-state index in [1.54, 1.807) is 0 Å². The van der Waals surface area contributed by atoms with Crippen LogP contribution in [0.25, 0.3) is 16.8 Å². The van der Waals surface area contributed by atoms with Crippen molar-refractivity contribution < 1.29 is 0 Å². The van der Waals surface area contributed by atoms with E-state index in [0.717, 1.165) is 31.5 Å². The van der Waals surface area contributed by atoms with Crippen molar-refractivity contribution >= 4 is 23.3 Å². The summed E-state index contributed by atoms with van der Waals surface area (Å²) < 4.78 is 4.72. The van der Waals surface area contributed by atoms with Crippen LogP contribution in [0.15, 0.2) is 40.7 Å². The van der Waals surface area contributed by atoms with Gasteiger partial charge in [0.1, 0.15) is 0 Å². The number of nitrogens with zero attached hydrogens (tertiary/aromatic N) is 2. The fourth-order valence-electron chi connectivity index (χ4n) is 3.34. The van der Waals surface area contributed by atoms with Crippen molar-refractivity contribution in [1.29, 1.82) is 0 Å². The summed E-state index contributed by atoms with van der Waals surface area (Å²) in [5.41, 5.74) is 9.16. The van der Waals surface area contributed by atoms with Gasteiger partial charge in [-0.1, -0.05) is 32.9 Å². The molecule has 0 saturated heterocycles. The largest absolute Gasteiger partial charge is 0.289 e. The van der Waals surface area contributed by atoms with Gasteiger partial charge in [0.05, 0.1) is 12.2 Å². The predicted molar refractivity (Wildman–Crippen MR) is 106 cm³/mol. The Morgan fingerprint density at radius 2 is 1.79 bits per heavy atom. The lowest BCUT2D eigenvalue weighted by molar-refractivity contribution is 0.982. The molecule has 2 nitrogen and oxygen atoms in total. The lowest BCUT2D eigenvalue weighted by Crippen LogP contribution is -1.99. The molecule has 0 fully saturated rings. The summed E-state index contributed by atoms with van der Waals surface area (Å²) in [5, 5.41) is 2.15. The van der Waals surface area contributed by atoms with E-state index >= 15 is 0 Å². The van der Waals surface area contributed by atoms with Crippen molar-refractivity contribution in [3.63, 3.8) is 0 Å². The molecule has 2 aromatic rings. The summed E-state index contributed by atoms with van der Waals surface area (Å²) in [5.74, 6) is 0. The van der Waals surface area contributed by atoms with Gasteiger partial charge in [0, 0.05) is 22.7 Å². The summed E-state index contributed by atoms with van der Waals surface area (Å²) in [6, 6.07) is 4.68. The third-order valence-electron chi connectivity index (χ3n) is 4.57. The molecule has 124 valence electrons. The zero-order valence-corrected chi connectivity index (χ0v) is 15.5. The highest BCUT2D eigenvalue weighted by molar-refractivity contribution is 7.04. The van der Waals surface area contributed by atoms with E-state index in [-0.39, 0.29) is 0 Å². The van der Waals surface area contributed by atoms with Gasteiger partial charge in [-0.25, -0.2) is 0 Å². The highest BCUT2D eigenvalue weighted by atomic mass is 32.1. The predicted octanol–water partition coefficient (Wildman–Crippen LogP) is 5.52. The van der Waals surface area contributed by atoms with Gasteiger partial charge < -0.3 is 0 Å². The van der Waals surface area contributed by atoms with Crippen LogP contribution in [0.3, 0.4) is 0 Å². The second-order valence-electron chi connectivity index (χ2n) is 5.95. The van der Waals surface area contributed by atoms with Gasteiger partial charge in [-0.3, -0.25) is 4.99 Å². The minimum atomic E-state index is 0.748. The molecular weight excluding hydrogens is 312 g/mol. The summed E-state index contributed by atoms with van der Waals surface area (Å²) in [4.78, 5) is 4.31. The Kier molecular flexibility index (Phi) is 5.41. The van der Waals surface area contributed by atoms with Gasteiger partial charge in [0.15, 0.2) is 0 Å². The molecule has 0 radical (unpaired) electrons. The Balaban J connectivity index is 2.12. The van der Waals surface area contributed by atoms with Crippen LogP contribution < -0.4 is 0 Å². The third kappa shape index (κ3) is 3.27. The Morgan fingerprint density at radius 1 is 1.04 bits per heavy atom. The number of hydrogen-bond acceptors (Lipinski definition) is 3. The van der Waals surface area contributed by atoms with E-state index in [0.29, 0.717) is 0 Å². The lowest BCUT2D eigenvalue weighted by Gasteiger charge is -2.14. The number of aromatic nitrogens is 1. The molecule has 0 atom stereocenters. The summed E-state index contributed by atoms with van der Waals surface area (Å²) in [6.07, 6.45) is 11.5. The Labute approximate surface area is 148 Å². The van der Waals surface area contributed by atoms with Gasteiger partial charge in [-0.05, 0) is 71.3 Å². The molecule has 0 bridgehead atoms. The summed E-state index contributed by atoms with van der Waals surface area (Å²) >= 11 is 1.53. The van der Waals surface area contributed by atoms with Crippen LogP contribution in [0.2, 0.25) is 0 Å². The molecular formula is C21H24N2S. The Hall–Kier alpha value is -2.00. The minimum Gasteiger partial charge on any atom is -0.289 e. The molecule has 3 heteroatoms. The maximum atomic E-state index is 4.72. The molecule has 3 rings (SSSR count). The molecule has 1 aliphatic rings. The number of benzene rings is 1. The van der Waals surface area contributed by atoms with Crippen molar-refractivity contribution in [1.82, 2.24) is 4.37 Å². The van der Waals surface area contributed by atoms with Gasteiger partial charge in [-0.15, -0.1) is 0 Å². The van der Waals surface area contributed by atoms with E-state index in [2.05, 4.69) is 61.5 Å². The molecule has 0 aliphatic carbocycles. The SMILES string of the molecule is CCc1cc(-c2nscc2C2=CC=NCC=C2)cc(CC)c1CC. The van der Waals surface area contributed by atoms with Crippen molar-refractivity contribution in [2.75, 3.05) is 6.54 Å². The topological polar surface area (TPSA) is 25.2 Å². The van der Waals surface area contributed by atoms with Crippen molar-refractivity contribution in [2.24, 2.45) is 4.99 Å². The van der Waals surface area contributed by atoms with E-state index < -0.39 is 0 Å². The van der Waals surface area contributed by atoms with Crippen LogP contribution in [-0.2, 0) is 19.3 Å². The van der Waals surface area contributed by atoms with Crippen LogP contribution in [0.1, 0.15) is 43.0 Å². The number of aryl methyl sites for hydroxylation is 2. The van der Waals surface area contributed by atoms with E-state index in [4.69, 9.17) is 4.37 Å². The van der Waals surface area contributed by atoms with E-state index in [1.165, 1.54) is 44.9 Å². The molecule has 0 spiro atoms. The minimum absolute atomic E-state index is 0.748. The molecule has 1 aliphatic heterocycles. The summed E-state index contributed by atoms with van der Waals surface area (Å²) in [7, 11) is 0. The van der Waals surface area contributed by atoms with Crippen LogP contribution in [0.4, 0.5) is 0 Å². The monoisotopic (exact) mass is 336 g/mol. The molecule has 0 unspecified atom stereocenters. The zero-order chi connectivity index (χ0) is 16.9. The number of aliphatic imine (C=N–C) groups is 1. The first-order valence-electron chi connectivity index (χ1n) is 8.74. The van der Waals surface area contributed by atoms with Crippen LogP contribution in [-0.4, -0.2) is 17.1 Å². The maximum Gasteiger partial charge on any atom is 0.0919 e. The maximum absolute atomic E-state index is 4.72. The fourth-order valence-corrected chi connectivity index (χ4v) is 4.05. The first-order valence-corrected chi connectivity index (χ1v) is 9.58. The molecule has 24 heavy (non-hydrogen) atoms. The van der Waals surface area contributed by atoms with Gasteiger partial charge in [-0.2, -0.15) is 4.37 Å². The molecule has 1 aromatic carbocycles. The van der Waals surface area contributed by atoms with Gasteiger partial charge in [0.2, 0.25) is 0 Å². The number of rotatable bonds is 5. The summed E-state index contributed by atoms with van der Waals surface area (Å²) in [6.45, 7) is 7.49. The van der Waals surface area contributed by atoms with Gasteiger partial charge in [0.25, 0.3) is 0 Å². The average molecular weight is 337 g/mol. The third-order valence-corrected chi connectivity index (χ3v) is 5.20. The van der Waals surface area contributed by atoms with E-state index in [1.807, 2.05) is 6.21 Å². The second kappa shape index (κ2) is 7.71. The normalized spacial score (nSPS) is 13.9. The highest BCUT2D eigenvalue weighted by Gasteiger charge is 2.15. The molecule has 0 amide bonds. The van der Waals surface area contributed by atoms with Crippen LogP contribution in [0, 0.1) is 0 Å². The van der Waals surface area contributed by atoms with Crippen LogP contribution in [0.5, 0.6) is 0 Å². The van der Waals surface area contributed by atoms with Gasteiger partial charge >= 0.3 is 0 Å². The first kappa shape index (κ1) is 16.8. The Morgan fingerprint density at radius 3 is 2.46 bits per heavy atom. The molecule has 2 heterocycles. The first-order chi connectivity index (χ1) is 11.8. The van der Waals surface area contributed by atoms with Crippen LogP contribution >= 0.6 is 11.5 Å². The van der Waals surface area contributed by atoms with Crippen molar-refractivity contribution in [3.8, 4) is 11.3 Å². The Bertz CT molecular complexity index is 784. The quantitative estimate of drug-likeness (QED) is 0.705. The van der Waals surface area contributed by atoms with Crippen molar-refractivity contribution in [3.05, 3.63) is 58.0 Å². The average Bonchev–Trinajstić information content (AvgIpc) is 2.95. The second-order valence-corrected chi connectivity index (χ2v) is 6.58. The fraction of sp³-hybridized carbons (Fsp3) is 0.333.